The second kappa shape index (κ2) is 7.45. The van der Waals surface area contributed by atoms with Crippen molar-refractivity contribution in [3.05, 3.63) is 65.6 Å². The molecule has 0 aliphatic heterocycles. The molecule has 0 saturated carbocycles. The molecule has 0 spiro atoms. The molecule has 5 nitrogen and oxygen atoms in total. The van der Waals surface area contributed by atoms with Crippen LogP contribution in [-0.4, -0.2) is 34.1 Å². The molecule has 0 radical (unpaired) electrons. The molecule has 0 atom stereocenters. The molecule has 134 valence electrons. The number of benzene rings is 2. The van der Waals surface area contributed by atoms with Crippen molar-refractivity contribution in [2.24, 2.45) is 0 Å². The van der Waals surface area contributed by atoms with Crippen LogP contribution in [0.2, 0.25) is 0 Å². The minimum absolute atomic E-state index is 0.104. The van der Waals surface area contributed by atoms with Crippen molar-refractivity contribution in [2.45, 2.75) is 0 Å². The van der Waals surface area contributed by atoms with Crippen LogP contribution < -0.4 is 14.4 Å². The average molecular weight is 352 g/mol. The van der Waals surface area contributed by atoms with Crippen molar-refractivity contribution in [1.82, 2.24) is 0 Å². The Morgan fingerprint density at radius 3 is 2.27 bits per heavy atom. The zero-order valence-electron chi connectivity index (χ0n) is 15.3. The number of carbonyl (C=O) groups is 1. The van der Waals surface area contributed by atoms with E-state index in [4.69, 9.17) is 13.9 Å². The highest BCUT2D eigenvalue weighted by Gasteiger charge is 2.21. The first-order valence-corrected chi connectivity index (χ1v) is 8.31. The van der Waals surface area contributed by atoms with Gasteiger partial charge in [-0.3, -0.25) is 4.79 Å². The van der Waals surface area contributed by atoms with E-state index < -0.39 is 0 Å². The molecule has 1 aromatic heterocycles. The number of quaternary nitrogens is 1. The standard InChI is InChI=1S/C21H21NO4/c1-22(2)12-11-19-20(17-13-16(25-4)9-10-18(17)26-19)21(23)14-5-7-15(24-3)8-6-14/h5-13H,1-4H3/p+1/b12-11+. The summed E-state index contributed by atoms with van der Waals surface area (Å²) in [5, 5.41) is 0.735. The van der Waals surface area contributed by atoms with Gasteiger partial charge in [0.15, 0.2) is 5.78 Å². The Morgan fingerprint density at radius 2 is 1.65 bits per heavy atom. The van der Waals surface area contributed by atoms with Gasteiger partial charge < -0.3 is 18.8 Å². The van der Waals surface area contributed by atoms with Gasteiger partial charge in [0.2, 0.25) is 0 Å². The first-order valence-electron chi connectivity index (χ1n) is 8.31. The number of furan rings is 1. The molecule has 0 aliphatic carbocycles. The van der Waals surface area contributed by atoms with Gasteiger partial charge in [-0.1, -0.05) is 0 Å². The van der Waals surface area contributed by atoms with Crippen LogP contribution in [0.25, 0.3) is 17.0 Å². The van der Waals surface area contributed by atoms with Crippen molar-refractivity contribution in [3.8, 4) is 11.5 Å². The highest BCUT2D eigenvalue weighted by Crippen LogP contribution is 2.32. The molecular formula is C21H22NO4+. The Balaban J connectivity index is 2.16. The zero-order chi connectivity index (χ0) is 18.7. The van der Waals surface area contributed by atoms with Crippen LogP contribution in [0.4, 0.5) is 0 Å². The number of rotatable bonds is 6. The van der Waals surface area contributed by atoms with E-state index in [2.05, 4.69) is 0 Å². The van der Waals surface area contributed by atoms with Crippen molar-refractivity contribution >= 4 is 22.8 Å². The quantitative estimate of drug-likeness (QED) is 0.693. The van der Waals surface area contributed by atoms with Crippen LogP contribution in [0.3, 0.4) is 0 Å². The Kier molecular flexibility index (Phi) is 5.09. The van der Waals surface area contributed by atoms with E-state index in [9.17, 15) is 4.79 Å². The summed E-state index contributed by atoms with van der Waals surface area (Å²) in [5.74, 6) is 1.82. The fraction of sp³-hybridized carbons (Fsp3) is 0.190. The van der Waals surface area contributed by atoms with Gasteiger partial charge in [-0.15, -0.1) is 0 Å². The third kappa shape index (κ3) is 3.48. The van der Waals surface area contributed by atoms with Crippen LogP contribution in [0.15, 0.2) is 53.1 Å². The molecule has 26 heavy (non-hydrogen) atoms. The van der Waals surface area contributed by atoms with Crippen LogP contribution in [0.5, 0.6) is 11.5 Å². The van der Waals surface area contributed by atoms with Crippen molar-refractivity contribution in [3.63, 3.8) is 0 Å². The lowest BCUT2D eigenvalue weighted by Gasteiger charge is -2.04. The van der Waals surface area contributed by atoms with Gasteiger partial charge in [0.25, 0.3) is 0 Å². The predicted octanol–water partition coefficient (Wildman–Crippen LogP) is 2.80. The van der Waals surface area contributed by atoms with Crippen LogP contribution in [0.1, 0.15) is 21.7 Å². The lowest BCUT2D eigenvalue weighted by molar-refractivity contribution is -0.800. The third-order valence-corrected chi connectivity index (χ3v) is 4.07. The van der Waals surface area contributed by atoms with Gasteiger partial charge in [0.1, 0.15) is 22.8 Å². The molecule has 0 saturated heterocycles. The zero-order valence-corrected chi connectivity index (χ0v) is 15.3. The third-order valence-electron chi connectivity index (χ3n) is 4.07. The maximum absolute atomic E-state index is 13.2. The molecule has 5 heteroatoms. The summed E-state index contributed by atoms with van der Waals surface area (Å²) in [6.45, 7) is 0. The van der Waals surface area contributed by atoms with Gasteiger partial charge in [0, 0.05) is 17.0 Å². The summed E-state index contributed by atoms with van der Waals surface area (Å²) in [6, 6.07) is 12.5. The number of fused-ring (bicyclic) bond motifs is 1. The van der Waals surface area contributed by atoms with Gasteiger partial charge in [-0.05, 0) is 42.5 Å². The molecule has 0 unspecified atom stereocenters. The molecule has 0 fully saturated rings. The highest BCUT2D eigenvalue weighted by atomic mass is 16.5. The van der Waals surface area contributed by atoms with Crippen LogP contribution in [0, 0.1) is 0 Å². The molecule has 1 N–H and O–H groups in total. The number of ketones is 1. The maximum atomic E-state index is 13.2. The molecule has 3 aromatic rings. The van der Waals surface area contributed by atoms with Crippen molar-refractivity contribution in [1.29, 1.82) is 0 Å². The Hall–Kier alpha value is -3.05. The summed E-state index contributed by atoms with van der Waals surface area (Å²) >= 11 is 0. The first kappa shape index (κ1) is 17.8. The van der Waals surface area contributed by atoms with Gasteiger partial charge in [-0.25, -0.2) is 0 Å². The molecular weight excluding hydrogens is 330 g/mol. The summed E-state index contributed by atoms with van der Waals surface area (Å²) in [5.41, 5.74) is 1.75. The number of carbonyl (C=O) groups excluding carboxylic acids is 1. The molecule has 3 rings (SSSR count). The fourth-order valence-electron chi connectivity index (χ4n) is 2.70. The second-order valence-corrected chi connectivity index (χ2v) is 6.17. The number of ether oxygens (including phenoxy) is 2. The van der Waals surface area contributed by atoms with E-state index in [1.54, 1.807) is 38.5 Å². The highest BCUT2D eigenvalue weighted by molar-refractivity contribution is 6.18. The molecule has 2 aromatic carbocycles. The fourth-order valence-corrected chi connectivity index (χ4v) is 2.70. The molecule has 0 bridgehead atoms. The average Bonchev–Trinajstić information content (AvgIpc) is 3.03. The predicted molar refractivity (Wildman–Crippen MR) is 101 cm³/mol. The number of hydrogen-bond acceptors (Lipinski definition) is 4. The lowest BCUT2D eigenvalue weighted by atomic mass is 10.00. The van der Waals surface area contributed by atoms with E-state index in [1.807, 2.05) is 44.6 Å². The minimum Gasteiger partial charge on any atom is -0.497 e. The Bertz CT molecular complexity index is 952. The van der Waals surface area contributed by atoms with Crippen LogP contribution in [-0.2, 0) is 0 Å². The molecule has 0 amide bonds. The van der Waals surface area contributed by atoms with E-state index in [0.717, 1.165) is 10.3 Å². The van der Waals surface area contributed by atoms with Crippen LogP contribution >= 0.6 is 0 Å². The smallest absolute Gasteiger partial charge is 0.197 e. The van der Waals surface area contributed by atoms with Gasteiger partial charge in [0.05, 0.1) is 40.1 Å². The number of hydrogen-bond donors (Lipinski definition) is 1. The summed E-state index contributed by atoms with van der Waals surface area (Å²) < 4.78 is 16.4. The summed E-state index contributed by atoms with van der Waals surface area (Å²) in [7, 11) is 7.18. The van der Waals surface area contributed by atoms with E-state index in [-0.39, 0.29) is 5.78 Å². The van der Waals surface area contributed by atoms with E-state index in [0.29, 0.717) is 34.0 Å². The Labute approximate surface area is 152 Å². The largest absolute Gasteiger partial charge is 0.497 e. The van der Waals surface area contributed by atoms with E-state index in [1.165, 1.54) is 0 Å². The number of methoxy groups -OCH3 is 2. The minimum atomic E-state index is -0.104. The second-order valence-electron chi connectivity index (χ2n) is 6.17. The van der Waals surface area contributed by atoms with Crippen molar-refractivity contribution in [2.75, 3.05) is 28.3 Å². The van der Waals surface area contributed by atoms with Gasteiger partial charge in [-0.2, -0.15) is 0 Å². The van der Waals surface area contributed by atoms with E-state index >= 15 is 0 Å². The first-order chi connectivity index (χ1) is 12.5. The monoisotopic (exact) mass is 352 g/mol. The summed E-state index contributed by atoms with van der Waals surface area (Å²) in [6.07, 6.45) is 3.76. The molecule has 0 aliphatic rings. The number of nitrogens with one attached hydrogen (secondary N) is 1. The molecule has 1 heterocycles. The maximum Gasteiger partial charge on any atom is 0.197 e. The normalized spacial score (nSPS) is 11.4. The van der Waals surface area contributed by atoms with Gasteiger partial charge >= 0.3 is 0 Å². The topological polar surface area (TPSA) is 53.1 Å². The van der Waals surface area contributed by atoms with Crippen molar-refractivity contribution < 1.29 is 23.6 Å². The SMILES string of the molecule is COc1ccc(C(=O)c2c(/C=C/[NH+](C)C)oc3ccc(OC)cc23)cc1. The lowest BCUT2D eigenvalue weighted by Crippen LogP contribution is -3.00. The Morgan fingerprint density at radius 1 is 1.00 bits per heavy atom. The summed E-state index contributed by atoms with van der Waals surface area (Å²) in [4.78, 5) is 14.3.